The van der Waals surface area contributed by atoms with Crippen LogP contribution in [0.2, 0.25) is 0 Å². The van der Waals surface area contributed by atoms with Crippen molar-refractivity contribution in [2.75, 3.05) is 13.1 Å². The van der Waals surface area contributed by atoms with Gasteiger partial charge in [-0.3, -0.25) is 4.79 Å². The van der Waals surface area contributed by atoms with Gasteiger partial charge in [0.2, 0.25) is 0 Å². The summed E-state index contributed by atoms with van der Waals surface area (Å²) in [7, 11) is 0. The molecule has 1 saturated heterocycles. The highest BCUT2D eigenvalue weighted by atomic mass is 79.9. The number of nitrogens with two attached hydrogens (primary N) is 1. The normalized spacial score (nSPS) is 20.4. The van der Waals surface area contributed by atoms with Crippen molar-refractivity contribution in [1.82, 2.24) is 4.90 Å². The molecule has 0 aliphatic carbocycles. The van der Waals surface area contributed by atoms with Crippen LogP contribution < -0.4 is 5.73 Å². The molecule has 4 heteroatoms. The average Bonchev–Trinajstić information content (AvgIpc) is 2.32. The molecule has 0 saturated carbocycles. The number of rotatable bonds is 1. The highest BCUT2D eigenvalue weighted by Gasteiger charge is 2.22. The zero-order chi connectivity index (χ0) is 12.4. The second-order valence-corrected chi connectivity index (χ2v) is 5.47. The van der Waals surface area contributed by atoms with Crippen molar-refractivity contribution in [1.29, 1.82) is 0 Å². The van der Waals surface area contributed by atoms with Gasteiger partial charge in [-0.2, -0.15) is 0 Å². The summed E-state index contributed by atoms with van der Waals surface area (Å²) in [6.45, 7) is 3.50. The summed E-state index contributed by atoms with van der Waals surface area (Å²) in [4.78, 5) is 14.1. The van der Waals surface area contributed by atoms with Gasteiger partial charge in [0.25, 0.3) is 5.91 Å². The topological polar surface area (TPSA) is 46.3 Å². The summed E-state index contributed by atoms with van der Waals surface area (Å²) in [6.07, 6.45) is 2.02. The summed E-state index contributed by atoms with van der Waals surface area (Å²) in [5.74, 6) is 0.0841. The van der Waals surface area contributed by atoms with Gasteiger partial charge in [-0.25, -0.2) is 0 Å². The van der Waals surface area contributed by atoms with Crippen LogP contribution in [0.1, 0.15) is 28.8 Å². The fourth-order valence-electron chi connectivity index (χ4n) is 2.10. The number of piperidine rings is 1. The molecule has 1 fully saturated rings. The Morgan fingerprint density at radius 3 is 2.94 bits per heavy atom. The van der Waals surface area contributed by atoms with Crippen molar-refractivity contribution in [2.24, 2.45) is 5.73 Å². The van der Waals surface area contributed by atoms with Crippen LogP contribution in [0.15, 0.2) is 22.7 Å². The molecule has 0 unspecified atom stereocenters. The summed E-state index contributed by atoms with van der Waals surface area (Å²) < 4.78 is 0.977. The molecule has 1 aromatic carbocycles. The Kier molecular flexibility index (Phi) is 3.84. The second-order valence-electron chi connectivity index (χ2n) is 4.62. The van der Waals surface area contributed by atoms with Crippen molar-refractivity contribution >= 4 is 21.8 Å². The fourth-order valence-corrected chi connectivity index (χ4v) is 2.48. The van der Waals surface area contributed by atoms with Crippen molar-refractivity contribution in [3.05, 3.63) is 33.8 Å². The molecule has 1 aliphatic heterocycles. The molecule has 1 aliphatic rings. The molecular weight excluding hydrogens is 280 g/mol. The van der Waals surface area contributed by atoms with Gasteiger partial charge >= 0.3 is 0 Å². The van der Waals surface area contributed by atoms with E-state index >= 15 is 0 Å². The molecule has 2 rings (SSSR count). The average molecular weight is 297 g/mol. The number of benzene rings is 1. The number of amides is 1. The van der Waals surface area contributed by atoms with E-state index in [2.05, 4.69) is 15.9 Å². The minimum Gasteiger partial charge on any atom is -0.337 e. The van der Waals surface area contributed by atoms with Crippen molar-refractivity contribution in [3.8, 4) is 0 Å². The minimum absolute atomic E-state index is 0.0841. The molecule has 2 N–H and O–H groups in total. The van der Waals surface area contributed by atoms with Crippen molar-refractivity contribution in [2.45, 2.75) is 25.8 Å². The van der Waals surface area contributed by atoms with E-state index in [0.29, 0.717) is 6.54 Å². The highest BCUT2D eigenvalue weighted by Crippen LogP contribution is 2.20. The second kappa shape index (κ2) is 5.19. The van der Waals surface area contributed by atoms with E-state index in [1.165, 1.54) is 0 Å². The van der Waals surface area contributed by atoms with Crippen molar-refractivity contribution in [3.63, 3.8) is 0 Å². The Bertz CT molecular complexity index is 433. The predicted molar refractivity (Wildman–Crippen MR) is 72.0 cm³/mol. The molecule has 0 spiro atoms. The number of likely N-dealkylation sites (tertiary alicyclic amines) is 1. The molecule has 0 aromatic heterocycles. The van der Waals surface area contributed by atoms with Crippen LogP contribution in [-0.4, -0.2) is 29.9 Å². The molecule has 3 nitrogen and oxygen atoms in total. The molecule has 1 atom stereocenters. The quantitative estimate of drug-likeness (QED) is 0.864. The van der Waals surface area contributed by atoms with Gasteiger partial charge in [-0.15, -0.1) is 0 Å². The lowest BCUT2D eigenvalue weighted by Crippen LogP contribution is -2.45. The lowest BCUT2D eigenvalue weighted by molar-refractivity contribution is 0.0709. The highest BCUT2D eigenvalue weighted by molar-refractivity contribution is 9.10. The van der Waals surface area contributed by atoms with Crippen LogP contribution >= 0.6 is 15.9 Å². The van der Waals surface area contributed by atoms with E-state index in [9.17, 15) is 4.79 Å². The molecule has 0 radical (unpaired) electrons. The number of aryl methyl sites for hydroxylation is 1. The molecule has 1 amide bonds. The lowest BCUT2D eigenvalue weighted by Gasteiger charge is -2.30. The van der Waals surface area contributed by atoms with Gasteiger partial charge < -0.3 is 10.6 Å². The fraction of sp³-hybridized carbons (Fsp3) is 0.462. The zero-order valence-corrected chi connectivity index (χ0v) is 11.5. The van der Waals surface area contributed by atoms with Crippen LogP contribution in [0, 0.1) is 6.92 Å². The van der Waals surface area contributed by atoms with Crippen molar-refractivity contribution < 1.29 is 4.79 Å². The summed E-state index contributed by atoms with van der Waals surface area (Å²) in [6, 6.07) is 5.85. The Hall–Kier alpha value is -0.870. The van der Waals surface area contributed by atoms with Gasteiger partial charge in [0, 0.05) is 29.2 Å². The Balaban J connectivity index is 2.15. The third kappa shape index (κ3) is 2.87. The van der Waals surface area contributed by atoms with Gasteiger partial charge in [0.05, 0.1) is 0 Å². The van der Waals surface area contributed by atoms with Crippen LogP contribution in [0.3, 0.4) is 0 Å². The number of nitrogens with zero attached hydrogens (tertiary/aromatic N) is 1. The maximum Gasteiger partial charge on any atom is 0.253 e. The van der Waals surface area contributed by atoms with Gasteiger partial charge in [0.15, 0.2) is 0 Å². The summed E-state index contributed by atoms with van der Waals surface area (Å²) in [5.41, 5.74) is 7.76. The van der Waals surface area contributed by atoms with E-state index in [-0.39, 0.29) is 11.9 Å². The smallest absolute Gasteiger partial charge is 0.253 e. The number of hydrogen-bond donors (Lipinski definition) is 1. The first-order chi connectivity index (χ1) is 8.08. The van der Waals surface area contributed by atoms with Crippen LogP contribution in [-0.2, 0) is 0 Å². The molecule has 17 heavy (non-hydrogen) atoms. The number of carbonyl (C=O) groups excluding carboxylic acids is 1. The maximum atomic E-state index is 12.3. The van der Waals surface area contributed by atoms with Crippen LogP contribution in [0.5, 0.6) is 0 Å². The Labute approximate surface area is 110 Å². The molecule has 1 heterocycles. The predicted octanol–water partition coefficient (Wildman–Crippen LogP) is 2.32. The minimum atomic E-state index is 0.0841. The Morgan fingerprint density at radius 1 is 1.53 bits per heavy atom. The van der Waals surface area contributed by atoms with E-state index in [1.54, 1.807) is 0 Å². The van der Waals surface area contributed by atoms with Crippen LogP contribution in [0.25, 0.3) is 0 Å². The standard InChI is InChI=1S/C13H17BrN2O/c1-9-4-5-10(7-12(9)14)13(17)16-6-2-3-11(15)8-16/h4-5,7,11H,2-3,6,8,15H2,1H3/t11-/m1/s1. The third-order valence-electron chi connectivity index (χ3n) is 3.16. The molecule has 92 valence electrons. The van der Waals surface area contributed by atoms with Gasteiger partial charge in [-0.05, 0) is 37.5 Å². The number of halogens is 1. The van der Waals surface area contributed by atoms with E-state index in [4.69, 9.17) is 5.73 Å². The zero-order valence-electron chi connectivity index (χ0n) is 9.95. The number of carbonyl (C=O) groups is 1. The largest absolute Gasteiger partial charge is 0.337 e. The maximum absolute atomic E-state index is 12.3. The van der Waals surface area contributed by atoms with E-state index < -0.39 is 0 Å². The molecule has 0 bridgehead atoms. The lowest BCUT2D eigenvalue weighted by atomic mass is 10.0. The number of hydrogen-bond acceptors (Lipinski definition) is 2. The Morgan fingerprint density at radius 2 is 2.29 bits per heavy atom. The van der Waals surface area contributed by atoms with Crippen LogP contribution in [0.4, 0.5) is 0 Å². The third-order valence-corrected chi connectivity index (χ3v) is 4.02. The first-order valence-corrected chi connectivity index (χ1v) is 6.68. The first kappa shape index (κ1) is 12.6. The summed E-state index contributed by atoms with van der Waals surface area (Å²) in [5, 5.41) is 0. The van der Waals surface area contributed by atoms with E-state index in [0.717, 1.165) is 35.0 Å². The van der Waals surface area contributed by atoms with E-state index in [1.807, 2.05) is 30.0 Å². The SMILES string of the molecule is Cc1ccc(C(=O)N2CCC[C@@H](N)C2)cc1Br. The van der Waals surface area contributed by atoms with Gasteiger partial charge in [-0.1, -0.05) is 22.0 Å². The first-order valence-electron chi connectivity index (χ1n) is 5.89. The molecule has 1 aromatic rings. The molecular formula is C13H17BrN2O. The monoisotopic (exact) mass is 296 g/mol. The van der Waals surface area contributed by atoms with Gasteiger partial charge in [0.1, 0.15) is 0 Å². The summed E-state index contributed by atoms with van der Waals surface area (Å²) >= 11 is 3.45.